The predicted molar refractivity (Wildman–Crippen MR) is 55.4 cm³/mol. The van der Waals surface area contributed by atoms with Crippen molar-refractivity contribution in [3.8, 4) is 0 Å². The molecule has 0 aromatic carbocycles. The third-order valence-corrected chi connectivity index (χ3v) is 2.99. The van der Waals surface area contributed by atoms with Crippen molar-refractivity contribution in [3.63, 3.8) is 0 Å². The standard InChI is InChI=1S/C9H15N3S/c1-12-4-2-7(3-5-12)8-6-10-9(13)11-8/h6-7H,2-5H2,1H3,(H2,10,11,13). The van der Waals surface area contributed by atoms with E-state index in [9.17, 15) is 0 Å². The number of aromatic amines is 2. The second-order valence-electron chi connectivity index (χ2n) is 3.78. The van der Waals surface area contributed by atoms with Crippen LogP contribution in [0.25, 0.3) is 0 Å². The molecule has 1 aromatic rings. The lowest BCUT2D eigenvalue weighted by atomic mass is 9.94. The van der Waals surface area contributed by atoms with Gasteiger partial charge in [0.05, 0.1) is 0 Å². The van der Waals surface area contributed by atoms with E-state index in [1.165, 1.54) is 31.6 Å². The minimum atomic E-state index is 0.671. The summed E-state index contributed by atoms with van der Waals surface area (Å²) in [7, 11) is 2.18. The highest BCUT2D eigenvalue weighted by Gasteiger charge is 2.18. The van der Waals surface area contributed by atoms with Gasteiger partial charge in [0.2, 0.25) is 0 Å². The van der Waals surface area contributed by atoms with Gasteiger partial charge < -0.3 is 14.9 Å². The Morgan fingerprint density at radius 2 is 2.15 bits per heavy atom. The van der Waals surface area contributed by atoms with Crippen LogP contribution in [-0.4, -0.2) is 35.0 Å². The molecule has 0 saturated carbocycles. The van der Waals surface area contributed by atoms with Crippen LogP contribution in [0, 0.1) is 4.77 Å². The van der Waals surface area contributed by atoms with Gasteiger partial charge in [-0.1, -0.05) is 0 Å². The molecule has 2 N–H and O–H groups in total. The smallest absolute Gasteiger partial charge is 0.174 e. The van der Waals surface area contributed by atoms with E-state index in [0.29, 0.717) is 5.92 Å². The highest BCUT2D eigenvalue weighted by molar-refractivity contribution is 7.71. The molecule has 0 spiro atoms. The first-order valence-corrected chi connectivity index (χ1v) is 5.12. The van der Waals surface area contributed by atoms with Crippen LogP contribution in [0.1, 0.15) is 24.5 Å². The lowest BCUT2D eigenvalue weighted by Gasteiger charge is -2.27. The average molecular weight is 197 g/mol. The number of imidazole rings is 1. The lowest BCUT2D eigenvalue weighted by molar-refractivity contribution is 0.253. The maximum atomic E-state index is 5.00. The lowest BCUT2D eigenvalue weighted by Crippen LogP contribution is -2.29. The summed E-state index contributed by atoms with van der Waals surface area (Å²) in [5, 5.41) is 0. The highest BCUT2D eigenvalue weighted by atomic mass is 32.1. The van der Waals surface area contributed by atoms with Gasteiger partial charge in [-0.15, -0.1) is 0 Å². The fraction of sp³-hybridized carbons (Fsp3) is 0.667. The van der Waals surface area contributed by atoms with Crippen molar-refractivity contribution in [2.75, 3.05) is 20.1 Å². The van der Waals surface area contributed by atoms with Gasteiger partial charge in [0.1, 0.15) is 0 Å². The first-order valence-electron chi connectivity index (χ1n) is 4.72. The molecule has 0 unspecified atom stereocenters. The number of hydrogen-bond acceptors (Lipinski definition) is 2. The maximum absolute atomic E-state index is 5.00. The zero-order valence-corrected chi connectivity index (χ0v) is 8.66. The molecule has 1 fully saturated rings. The van der Waals surface area contributed by atoms with Crippen molar-refractivity contribution in [2.45, 2.75) is 18.8 Å². The van der Waals surface area contributed by atoms with E-state index in [0.717, 1.165) is 4.77 Å². The number of rotatable bonds is 1. The van der Waals surface area contributed by atoms with Crippen molar-refractivity contribution in [3.05, 3.63) is 16.7 Å². The highest BCUT2D eigenvalue weighted by Crippen LogP contribution is 2.25. The molecule has 13 heavy (non-hydrogen) atoms. The molecular formula is C9H15N3S. The van der Waals surface area contributed by atoms with Crippen molar-refractivity contribution in [2.24, 2.45) is 0 Å². The molecule has 1 saturated heterocycles. The summed E-state index contributed by atoms with van der Waals surface area (Å²) in [4.78, 5) is 8.60. The van der Waals surface area contributed by atoms with Gasteiger partial charge >= 0.3 is 0 Å². The second-order valence-corrected chi connectivity index (χ2v) is 4.18. The number of piperidine rings is 1. The fourth-order valence-corrected chi connectivity index (χ4v) is 2.06. The number of likely N-dealkylation sites (tertiary alicyclic amines) is 1. The van der Waals surface area contributed by atoms with E-state index in [4.69, 9.17) is 12.2 Å². The maximum Gasteiger partial charge on any atom is 0.174 e. The van der Waals surface area contributed by atoms with E-state index in [1.54, 1.807) is 0 Å². The summed E-state index contributed by atoms with van der Waals surface area (Å²) in [5.41, 5.74) is 1.28. The van der Waals surface area contributed by atoms with E-state index in [-0.39, 0.29) is 0 Å². The Bertz CT molecular complexity index is 320. The predicted octanol–water partition coefficient (Wildman–Crippen LogP) is 1.88. The SMILES string of the molecule is CN1CCC(c2c[nH]c(=S)[nH]2)CC1. The summed E-state index contributed by atoms with van der Waals surface area (Å²) in [6, 6.07) is 0. The molecule has 2 rings (SSSR count). The Morgan fingerprint density at radius 3 is 2.69 bits per heavy atom. The quantitative estimate of drug-likeness (QED) is 0.674. The Hall–Kier alpha value is -0.610. The fourth-order valence-electron chi connectivity index (χ4n) is 1.89. The van der Waals surface area contributed by atoms with Crippen LogP contribution in [0.4, 0.5) is 0 Å². The van der Waals surface area contributed by atoms with Gasteiger partial charge in [0.15, 0.2) is 4.77 Å². The van der Waals surface area contributed by atoms with E-state index in [1.807, 2.05) is 6.20 Å². The van der Waals surface area contributed by atoms with Gasteiger partial charge in [-0.25, -0.2) is 0 Å². The summed E-state index contributed by atoms with van der Waals surface area (Å²) in [5.74, 6) is 0.671. The van der Waals surface area contributed by atoms with E-state index < -0.39 is 0 Å². The molecule has 3 nitrogen and oxygen atoms in total. The van der Waals surface area contributed by atoms with Crippen LogP contribution in [0.5, 0.6) is 0 Å². The zero-order valence-electron chi connectivity index (χ0n) is 7.84. The van der Waals surface area contributed by atoms with Crippen molar-refractivity contribution in [1.82, 2.24) is 14.9 Å². The summed E-state index contributed by atoms with van der Waals surface area (Å²) in [6.45, 7) is 2.38. The number of nitrogens with one attached hydrogen (secondary N) is 2. The van der Waals surface area contributed by atoms with Crippen LogP contribution in [0.2, 0.25) is 0 Å². The molecule has 1 aliphatic rings. The topological polar surface area (TPSA) is 34.8 Å². The van der Waals surface area contributed by atoms with Crippen LogP contribution in [0.15, 0.2) is 6.20 Å². The number of hydrogen-bond donors (Lipinski definition) is 2. The molecule has 0 radical (unpaired) electrons. The molecular weight excluding hydrogens is 182 g/mol. The normalized spacial score (nSPS) is 20.7. The Labute approximate surface area is 83.2 Å². The molecule has 2 heterocycles. The third-order valence-electron chi connectivity index (χ3n) is 2.78. The molecule has 0 aliphatic carbocycles. The van der Waals surface area contributed by atoms with Crippen LogP contribution in [0.3, 0.4) is 0 Å². The Balaban J connectivity index is 2.06. The molecule has 4 heteroatoms. The van der Waals surface area contributed by atoms with Gasteiger partial charge in [0.25, 0.3) is 0 Å². The first-order chi connectivity index (χ1) is 6.25. The molecule has 72 valence electrons. The van der Waals surface area contributed by atoms with Crippen molar-refractivity contribution >= 4 is 12.2 Å². The Morgan fingerprint density at radius 1 is 1.46 bits per heavy atom. The molecule has 0 bridgehead atoms. The molecule has 1 aromatic heterocycles. The Kier molecular flexibility index (Phi) is 2.51. The van der Waals surface area contributed by atoms with Crippen LogP contribution >= 0.6 is 12.2 Å². The molecule has 1 aliphatic heterocycles. The number of nitrogens with zero attached hydrogens (tertiary/aromatic N) is 1. The van der Waals surface area contributed by atoms with Gasteiger partial charge in [-0.2, -0.15) is 0 Å². The minimum Gasteiger partial charge on any atom is -0.337 e. The van der Waals surface area contributed by atoms with Gasteiger partial charge in [-0.05, 0) is 45.2 Å². The molecule has 0 atom stereocenters. The minimum absolute atomic E-state index is 0.671. The summed E-state index contributed by atoms with van der Waals surface area (Å²) >= 11 is 5.00. The monoisotopic (exact) mass is 197 g/mol. The molecule has 0 amide bonds. The van der Waals surface area contributed by atoms with Crippen molar-refractivity contribution in [1.29, 1.82) is 0 Å². The summed E-state index contributed by atoms with van der Waals surface area (Å²) < 4.78 is 0.744. The van der Waals surface area contributed by atoms with Crippen molar-refractivity contribution < 1.29 is 0 Å². The van der Waals surface area contributed by atoms with E-state index in [2.05, 4.69) is 21.9 Å². The summed E-state index contributed by atoms with van der Waals surface area (Å²) in [6.07, 6.45) is 4.48. The van der Waals surface area contributed by atoms with E-state index >= 15 is 0 Å². The van der Waals surface area contributed by atoms with Gasteiger partial charge in [-0.3, -0.25) is 0 Å². The van der Waals surface area contributed by atoms with Gasteiger partial charge in [0, 0.05) is 17.8 Å². The van der Waals surface area contributed by atoms with Crippen LogP contribution in [-0.2, 0) is 0 Å². The van der Waals surface area contributed by atoms with Crippen LogP contribution < -0.4 is 0 Å². The largest absolute Gasteiger partial charge is 0.337 e. The average Bonchev–Trinajstić information content (AvgIpc) is 2.53. The number of aromatic nitrogens is 2. The third kappa shape index (κ3) is 2.00. The first kappa shape index (κ1) is 8.97. The number of H-pyrrole nitrogens is 2. The zero-order chi connectivity index (χ0) is 9.26. The second kappa shape index (κ2) is 3.64.